The molecule has 0 saturated heterocycles. The maximum absolute atomic E-state index is 12.3. The van der Waals surface area contributed by atoms with Gasteiger partial charge in [0.25, 0.3) is 6.47 Å². The number of carbonyl (C=O) groups is 9. The van der Waals surface area contributed by atoms with E-state index < -0.39 is 83.1 Å². The first-order valence-corrected chi connectivity index (χ1v) is 31.5. The first-order chi connectivity index (χ1) is 47.6. The second kappa shape index (κ2) is 45.1. The van der Waals surface area contributed by atoms with E-state index in [0.717, 1.165) is 65.2 Å². The summed E-state index contributed by atoms with van der Waals surface area (Å²) in [5, 5.41) is 13.9. The number of hydrogen-bond acceptors (Lipinski definition) is 19. The number of hydrogen-bond donors (Lipinski definition) is 4. The summed E-state index contributed by atoms with van der Waals surface area (Å²) in [5.41, 5.74) is 19.2. The number of ether oxygens (including phenoxy) is 6. The quantitative estimate of drug-likeness (QED) is 0.0144. The number of alkyl halides is 9. The van der Waals surface area contributed by atoms with Gasteiger partial charge < -0.3 is 62.1 Å². The van der Waals surface area contributed by atoms with Crippen molar-refractivity contribution >= 4 is 87.7 Å². The molecule has 0 fully saturated rings. The molecule has 4 aromatic carbocycles. The van der Waals surface area contributed by atoms with E-state index in [1.165, 1.54) is 33.0 Å². The molecule has 0 atom stereocenters. The van der Waals surface area contributed by atoms with Crippen LogP contribution in [0.2, 0.25) is 0 Å². The third-order valence-electron chi connectivity index (χ3n) is 12.8. The maximum Gasteiger partial charge on any atom is 1.00 e. The molecule has 2 aliphatic rings. The molecule has 568 valence electrons. The molecule has 34 heteroatoms. The Balaban J connectivity index is 0. The van der Waals surface area contributed by atoms with E-state index in [0.29, 0.717) is 31.0 Å². The van der Waals surface area contributed by atoms with Gasteiger partial charge in [0.1, 0.15) is 22.4 Å². The summed E-state index contributed by atoms with van der Waals surface area (Å²) < 4.78 is 137. The van der Waals surface area contributed by atoms with Gasteiger partial charge in [0.15, 0.2) is 0 Å². The molecular formula is C71H87F9K2N6O17. The Kier molecular flexibility index (Phi) is 42.2. The van der Waals surface area contributed by atoms with E-state index in [4.69, 9.17) is 40.5 Å². The van der Waals surface area contributed by atoms with Crippen molar-refractivity contribution in [2.24, 2.45) is 11.5 Å². The molecule has 2 aromatic heterocycles. The Morgan fingerprint density at radius 3 is 1.14 bits per heavy atom. The number of benzene rings is 4. The minimum Gasteiger partial charge on any atom is -1.00 e. The van der Waals surface area contributed by atoms with Crippen LogP contribution in [0.5, 0.6) is 0 Å². The summed E-state index contributed by atoms with van der Waals surface area (Å²) in [7, 11) is 0. The van der Waals surface area contributed by atoms with Gasteiger partial charge >= 0.3 is 170 Å². The number of halogens is 9. The zero-order valence-electron chi connectivity index (χ0n) is 62.1. The second-order valence-corrected chi connectivity index (χ2v) is 25.9. The van der Waals surface area contributed by atoms with Crippen molar-refractivity contribution < 1.29 is 225 Å². The largest absolute Gasteiger partial charge is 1.00 e. The van der Waals surface area contributed by atoms with Crippen molar-refractivity contribution in [2.75, 3.05) is 26.2 Å². The molecule has 105 heavy (non-hydrogen) atoms. The summed E-state index contributed by atoms with van der Waals surface area (Å²) in [6, 6.07) is 31.1. The molecule has 8 rings (SSSR count). The van der Waals surface area contributed by atoms with Gasteiger partial charge in [-0.2, -0.15) is 39.5 Å². The zero-order chi connectivity index (χ0) is 78.5. The van der Waals surface area contributed by atoms with Crippen molar-refractivity contribution in [2.45, 2.75) is 169 Å². The van der Waals surface area contributed by atoms with Gasteiger partial charge in [-0.3, -0.25) is 28.3 Å². The molecule has 0 aliphatic heterocycles. The topological polar surface area (TPSA) is 327 Å². The number of allylic oxidation sites excluding steroid dienone is 2. The molecule has 0 saturated carbocycles. The number of nitrogens with one attached hydrogen (secondary N) is 2. The molecule has 0 spiro atoms. The molecule has 23 nitrogen and oxygen atoms in total. The van der Waals surface area contributed by atoms with Crippen molar-refractivity contribution in [3.05, 3.63) is 155 Å². The van der Waals surface area contributed by atoms with Gasteiger partial charge in [-0.1, -0.05) is 97.1 Å². The van der Waals surface area contributed by atoms with Crippen LogP contribution in [-0.2, 0) is 83.0 Å². The third-order valence-corrected chi connectivity index (χ3v) is 12.8. The molecule has 6 N–H and O–H groups in total. The van der Waals surface area contributed by atoms with Gasteiger partial charge in [-0.15, -0.1) is 0 Å². The summed E-state index contributed by atoms with van der Waals surface area (Å²) in [6.45, 7) is 22.5. The van der Waals surface area contributed by atoms with Crippen LogP contribution in [0.15, 0.2) is 122 Å². The van der Waals surface area contributed by atoms with Crippen LogP contribution in [0.1, 0.15) is 138 Å². The first-order valence-electron chi connectivity index (χ1n) is 31.5. The van der Waals surface area contributed by atoms with Crippen LogP contribution in [0.3, 0.4) is 0 Å². The van der Waals surface area contributed by atoms with Crippen molar-refractivity contribution in [1.29, 1.82) is 0 Å². The Morgan fingerprint density at radius 2 is 0.819 bits per heavy atom. The van der Waals surface area contributed by atoms with Crippen LogP contribution >= 0.6 is 0 Å². The molecular weight excluding hydrogens is 1460 g/mol. The Bertz CT molecular complexity index is 3900. The molecule has 2 heterocycles. The summed E-state index contributed by atoms with van der Waals surface area (Å²) in [5.74, 6) is -7.62. The van der Waals surface area contributed by atoms with E-state index in [1.54, 1.807) is 91.1 Å². The average Bonchev–Trinajstić information content (AvgIpc) is 1.65. The predicted octanol–water partition coefficient (Wildman–Crippen LogP) is 7.31. The predicted molar refractivity (Wildman–Crippen MR) is 361 cm³/mol. The number of nitrogens with zero attached hydrogens (tertiary/aromatic N) is 2. The molecule has 6 aromatic rings. The van der Waals surface area contributed by atoms with Crippen LogP contribution in [0.4, 0.5) is 58.7 Å². The standard InChI is InChI=1S/C17H19F3N2O3.C15H20N2O2.C13H12F3NO.C11H13N.C10H18O5.C4H3F3O3.CH2O3.2K.H/c1-16(2,3)25-15(24)22-10-11(12-6-4-5-7-13(12)22)8-9-21-14(23)17(18,19)20;1-15(2,3)19-14(18)17-10-11(8-9-16)12-6-4-5-7-13(12)17;14-13(15,16)12(18)17-8-7-10-6-5-9-3-1-2-4-11(9)10;12-8-7-10-6-5-9-3-1-2-4-11(9)10;1-9(2,3)14-7(11)13-8(12)15-10(4,5)6;1-2(8)10-3(9)4(5,6)7;2-1-4-3;;;/h4-7,10H,8-9H2,1-3H3,(H,21,23);4-7,10H,8-9,16H2,1-3H3;1-4,6H,5,7-8H2,(H,17,18);1-4,6H,5,7-8,12H2;1-6H3;1H3;1,3H;;;/q;;;;;;;2*+1;-1/p-1. The third kappa shape index (κ3) is 38.0. The summed E-state index contributed by atoms with van der Waals surface area (Å²) in [4.78, 5) is 98.8. The number of para-hydroxylation sites is 2. The SMILES string of the molecule is CC(=O)OC(=O)C(F)(F)F.CC(C)(C)OC(=O)OC(=O)OC(C)(C)C.CC(C)(C)OC(=O)n1cc(CCN)c2ccccc21.CC(C)(C)OC(=O)n1cc(CCNC(=O)C(F)(F)F)c2ccccc21.NCCC1=CCc2ccccc21.O=C(NCCC1=CCc2ccccc21)C(F)(F)F.O=CO[O-].[H-].[K+].[K+]. The fourth-order valence-electron chi connectivity index (χ4n) is 8.94. The molecule has 2 amide bonds. The van der Waals surface area contributed by atoms with Gasteiger partial charge in [0, 0.05) is 43.2 Å². The first kappa shape index (κ1) is 98.2. The number of aromatic nitrogens is 2. The maximum atomic E-state index is 12.3. The van der Waals surface area contributed by atoms with Crippen LogP contribution in [-0.4, -0.2) is 131 Å². The van der Waals surface area contributed by atoms with Gasteiger partial charge in [-0.05, 0) is 191 Å². The summed E-state index contributed by atoms with van der Waals surface area (Å²) in [6.07, 6.45) is -6.01. The van der Waals surface area contributed by atoms with Crippen molar-refractivity contribution in [3.63, 3.8) is 0 Å². The summed E-state index contributed by atoms with van der Waals surface area (Å²) >= 11 is 0. The molecule has 0 bridgehead atoms. The van der Waals surface area contributed by atoms with Crippen molar-refractivity contribution in [1.82, 2.24) is 19.8 Å². The number of rotatable bonds is 11. The normalized spacial score (nSPS) is 12.0. The number of carbonyl (C=O) groups excluding carboxylic acids is 9. The smallest absolute Gasteiger partial charge is 1.00 e. The molecule has 0 radical (unpaired) electrons. The minimum absolute atomic E-state index is 0. The van der Waals surface area contributed by atoms with E-state index in [2.05, 4.69) is 44.7 Å². The van der Waals surface area contributed by atoms with Gasteiger partial charge in [0.05, 0.1) is 11.0 Å². The average molecular weight is 1550 g/mol. The monoisotopic (exact) mass is 1540 g/mol. The Hall–Kier alpha value is -6.81. The number of fused-ring (bicyclic) bond motifs is 4. The van der Waals surface area contributed by atoms with Crippen molar-refractivity contribution in [3.8, 4) is 0 Å². The van der Waals surface area contributed by atoms with E-state index in [1.807, 2.05) is 92.2 Å². The van der Waals surface area contributed by atoms with Crippen LogP contribution in [0.25, 0.3) is 33.0 Å². The van der Waals surface area contributed by atoms with Crippen LogP contribution in [0, 0.1) is 0 Å². The van der Waals surface area contributed by atoms with E-state index >= 15 is 0 Å². The molecule has 2 aliphatic carbocycles. The minimum atomic E-state index is -5.09. The van der Waals surface area contributed by atoms with Gasteiger partial charge in [-0.25, -0.2) is 24.0 Å². The number of esters is 2. The molecule has 0 unspecified atom stereocenters. The number of amides is 2. The Morgan fingerprint density at radius 1 is 0.486 bits per heavy atom. The second-order valence-electron chi connectivity index (χ2n) is 25.9. The zero-order valence-corrected chi connectivity index (χ0v) is 67.3. The number of nitrogens with two attached hydrogens (primary N) is 2. The van der Waals surface area contributed by atoms with E-state index in [-0.39, 0.29) is 136 Å². The fourth-order valence-corrected chi connectivity index (χ4v) is 8.94. The van der Waals surface area contributed by atoms with E-state index in [9.17, 15) is 77.9 Å². The Labute approximate surface area is 688 Å². The van der Waals surface area contributed by atoms with Gasteiger partial charge in [0.2, 0.25) is 0 Å². The van der Waals surface area contributed by atoms with Crippen LogP contribution < -0.4 is 130 Å². The fraction of sp³-hybridized carbons (Fsp3) is 0.423.